The van der Waals surface area contributed by atoms with Crippen LogP contribution < -0.4 is 5.32 Å². The van der Waals surface area contributed by atoms with Gasteiger partial charge in [-0.2, -0.15) is 0 Å². The van der Waals surface area contributed by atoms with Crippen molar-refractivity contribution in [2.45, 2.75) is 25.8 Å². The smallest absolute Gasteiger partial charge is 0.326 e. The number of carbonyl (C=O) groups excluding carboxylic acids is 1. The summed E-state index contributed by atoms with van der Waals surface area (Å²) < 4.78 is 4.82. The molecule has 6 nitrogen and oxygen atoms in total. The van der Waals surface area contributed by atoms with Crippen LogP contribution in [-0.4, -0.2) is 55.4 Å². The first-order valence-corrected chi connectivity index (χ1v) is 5.26. The van der Waals surface area contributed by atoms with Gasteiger partial charge in [-0.3, -0.25) is 0 Å². The van der Waals surface area contributed by atoms with Gasteiger partial charge in [0.05, 0.1) is 6.61 Å². The number of rotatable bonds is 7. The minimum Gasteiger partial charge on any atom is -0.480 e. The topological polar surface area (TPSA) is 78.9 Å². The lowest BCUT2D eigenvalue weighted by molar-refractivity contribution is -0.139. The number of hydrogen-bond donors (Lipinski definition) is 2. The van der Waals surface area contributed by atoms with Gasteiger partial charge in [-0.15, -0.1) is 0 Å². The quantitative estimate of drug-likeness (QED) is 0.671. The molecule has 0 aliphatic heterocycles. The Hall–Kier alpha value is -1.30. The third kappa shape index (κ3) is 5.55. The highest BCUT2D eigenvalue weighted by molar-refractivity contribution is 5.82. The van der Waals surface area contributed by atoms with Gasteiger partial charge in [-0.25, -0.2) is 9.59 Å². The van der Waals surface area contributed by atoms with E-state index in [1.807, 2.05) is 6.92 Å². The highest BCUT2D eigenvalue weighted by Crippen LogP contribution is 1.98. The molecule has 0 aromatic rings. The summed E-state index contributed by atoms with van der Waals surface area (Å²) in [7, 11) is 3.14. The Morgan fingerprint density at radius 3 is 2.56 bits per heavy atom. The minimum atomic E-state index is -1.00. The van der Waals surface area contributed by atoms with Crippen LogP contribution in [0.3, 0.4) is 0 Å². The van der Waals surface area contributed by atoms with Crippen molar-refractivity contribution >= 4 is 12.0 Å². The van der Waals surface area contributed by atoms with Crippen LogP contribution in [0.5, 0.6) is 0 Å². The molecule has 2 N–H and O–H groups in total. The van der Waals surface area contributed by atoms with Crippen LogP contribution in [0.2, 0.25) is 0 Å². The van der Waals surface area contributed by atoms with Gasteiger partial charge in [0.1, 0.15) is 6.04 Å². The number of methoxy groups -OCH3 is 1. The molecule has 0 aromatic carbocycles. The molecule has 94 valence electrons. The van der Waals surface area contributed by atoms with E-state index in [1.165, 1.54) is 4.90 Å². The lowest BCUT2D eigenvalue weighted by atomic mass is 10.2. The van der Waals surface area contributed by atoms with E-state index in [2.05, 4.69) is 5.32 Å². The van der Waals surface area contributed by atoms with Gasteiger partial charge in [-0.05, 0) is 6.42 Å². The van der Waals surface area contributed by atoms with E-state index in [-0.39, 0.29) is 0 Å². The third-order valence-electron chi connectivity index (χ3n) is 2.15. The maximum Gasteiger partial charge on any atom is 0.326 e. The number of nitrogens with zero attached hydrogens (tertiary/aromatic N) is 1. The van der Waals surface area contributed by atoms with Gasteiger partial charge in [0.25, 0.3) is 0 Å². The molecule has 16 heavy (non-hydrogen) atoms. The van der Waals surface area contributed by atoms with Gasteiger partial charge >= 0.3 is 12.0 Å². The molecule has 0 aromatic heterocycles. The van der Waals surface area contributed by atoms with Crippen molar-refractivity contribution < 1.29 is 19.4 Å². The summed E-state index contributed by atoms with van der Waals surface area (Å²) >= 11 is 0. The molecule has 0 heterocycles. The number of amides is 2. The molecule has 0 spiro atoms. The van der Waals surface area contributed by atoms with Gasteiger partial charge in [0, 0.05) is 20.7 Å². The highest BCUT2D eigenvalue weighted by Gasteiger charge is 2.20. The van der Waals surface area contributed by atoms with E-state index in [4.69, 9.17) is 9.84 Å². The summed E-state index contributed by atoms with van der Waals surface area (Å²) in [6, 6.07) is -1.21. The molecule has 0 radical (unpaired) electrons. The van der Waals surface area contributed by atoms with Gasteiger partial charge < -0.3 is 20.1 Å². The van der Waals surface area contributed by atoms with E-state index in [0.29, 0.717) is 26.0 Å². The Morgan fingerprint density at radius 2 is 2.12 bits per heavy atom. The number of hydrogen-bond acceptors (Lipinski definition) is 3. The summed E-state index contributed by atoms with van der Waals surface area (Å²) in [6.07, 6.45) is 1.14. The second-order valence-electron chi connectivity index (χ2n) is 3.54. The Kier molecular flexibility index (Phi) is 7.28. The zero-order chi connectivity index (χ0) is 12.6. The van der Waals surface area contributed by atoms with E-state index >= 15 is 0 Å². The second kappa shape index (κ2) is 7.92. The number of carboxylic acids is 1. The van der Waals surface area contributed by atoms with Crippen molar-refractivity contribution in [3.05, 3.63) is 0 Å². The first-order valence-electron chi connectivity index (χ1n) is 5.26. The Labute approximate surface area is 95.6 Å². The molecule has 0 rings (SSSR count). The molecule has 0 bridgehead atoms. The van der Waals surface area contributed by atoms with Crippen LogP contribution in [-0.2, 0) is 9.53 Å². The molecule has 0 fully saturated rings. The number of aliphatic carboxylic acids is 1. The first kappa shape index (κ1) is 14.7. The predicted molar refractivity (Wildman–Crippen MR) is 59.4 cm³/mol. The van der Waals surface area contributed by atoms with Crippen LogP contribution in [0.1, 0.15) is 19.8 Å². The molecule has 2 amide bonds. The summed E-state index contributed by atoms with van der Waals surface area (Å²) in [5.74, 6) is -1.00. The molecule has 0 unspecified atom stereocenters. The molecule has 0 aliphatic rings. The van der Waals surface area contributed by atoms with E-state index in [0.717, 1.165) is 0 Å². The summed E-state index contributed by atoms with van der Waals surface area (Å²) in [4.78, 5) is 23.7. The third-order valence-corrected chi connectivity index (χ3v) is 2.15. The molecule has 1 atom stereocenters. The molecule has 6 heteroatoms. The maximum absolute atomic E-state index is 11.5. The largest absolute Gasteiger partial charge is 0.480 e. The van der Waals surface area contributed by atoms with Crippen molar-refractivity contribution in [2.24, 2.45) is 0 Å². The van der Waals surface area contributed by atoms with Crippen molar-refractivity contribution in [1.82, 2.24) is 10.2 Å². The fraction of sp³-hybridized carbons (Fsp3) is 0.800. The summed E-state index contributed by atoms with van der Waals surface area (Å²) in [5.41, 5.74) is 0. The van der Waals surface area contributed by atoms with Crippen LogP contribution in [0.4, 0.5) is 4.79 Å². The van der Waals surface area contributed by atoms with Crippen LogP contribution in [0.25, 0.3) is 0 Å². The fourth-order valence-corrected chi connectivity index (χ4v) is 1.14. The van der Waals surface area contributed by atoms with Gasteiger partial charge in [-0.1, -0.05) is 13.3 Å². The molecule has 0 saturated heterocycles. The number of ether oxygens (including phenoxy) is 1. The van der Waals surface area contributed by atoms with E-state index in [9.17, 15) is 9.59 Å². The summed E-state index contributed by atoms with van der Waals surface area (Å²) in [6.45, 7) is 2.73. The van der Waals surface area contributed by atoms with Crippen LogP contribution in [0.15, 0.2) is 0 Å². The second-order valence-corrected chi connectivity index (χ2v) is 3.54. The number of carbonyl (C=O) groups is 2. The summed E-state index contributed by atoms with van der Waals surface area (Å²) in [5, 5.41) is 11.3. The van der Waals surface area contributed by atoms with Crippen LogP contribution in [0, 0.1) is 0 Å². The number of carboxylic acid groups (broad SMARTS) is 1. The van der Waals surface area contributed by atoms with Crippen molar-refractivity contribution in [1.29, 1.82) is 0 Å². The van der Waals surface area contributed by atoms with Gasteiger partial charge in [0.15, 0.2) is 0 Å². The lowest BCUT2D eigenvalue weighted by Gasteiger charge is -2.20. The number of nitrogens with one attached hydrogen (secondary N) is 1. The average Bonchev–Trinajstić information content (AvgIpc) is 2.24. The number of urea groups is 1. The minimum absolute atomic E-state index is 0.391. The molecular formula is C10H20N2O4. The molecular weight excluding hydrogens is 212 g/mol. The fourth-order valence-electron chi connectivity index (χ4n) is 1.14. The first-order chi connectivity index (χ1) is 7.52. The maximum atomic E-state index is 11.5. The highest BCUT2D eigenvalue weighted by atomic mass is 16.5. The van der Waals surface area contributed by atoms with Crippen molar-refractivity contribution in [3.8, 4) is 0 Å². The average molecular weight is 232 g/mol. The van der Waals surface area contributed by atoms with Crippen LogP contribution >= 0.6 is 0 Å². The number of likely N-dealkylation sites (N-methyl/N-ethyl adjacent to an activating group) is 1. The molecule has 0 aliphatic carbocycles. The Morgan fingerprint density at radius 1 is 1.50 bits per heavy atom. The lowest BCUT2D eigenvalue weighted by Crippen LogP contribution is -2.47. The molecule has 0 saturated carbocycles. The normalized spacial score (nSPS) is 11.9. The zero-order valence-electron chi connectivity index (χ0n) is 10.0. The van der Waals surface area contributed by atoms with E-state index < -0.39 is 18.0 Å². The zero-order valence-corrected chi connectivity index (χ0v) is 10.0. The van der Waals surface area contributed by atoms with Crippen molar-refractivity contribution in [2.75, 3.05) is 27.3 Å². The SMILES string of the molecule is CCC[C@@H](NC(=O)N(C)CCOC)C(=O)O. The standard InChI is InChI=1S/C10H20N2O4/c1-4-5-8(9(13)14)11-10(15)12(2)6-7-16-3/h8H,4-7H2,1-3H3,(H,11,15)(H,13,14)/t8-/m1/s1. The van der Waals surface area contributed by atoms with E-state index in [1.54, 1.807) is 14.2 Å². The van der Waals surface area contributed by atoms with Crippen molar-refractivity contribution in [3.63, 3.8) is 0 Å². The monoisotopic (exact) mass is 232 g/mol. The Bertz CT molecular complexity index is 233. The Balaban J connectivity index is 4.12. The van der Waals surface area contributed by atoms with Gasteiger partial charge in [0.2, 0.25) is 0 Å². The predicted octanol–water partition coefficient (Wildman–Crippen LogP) is 0.527.